The van der Waals surface area contributed by atoms with Crippen molar-refractivity contribution < 1.29 is 4.74 Å². The van der Waals surface area contributed by atoms with Crippen LogP contribution in [-0.4, -0.2) is 12.1 Å². The van der Waals surface area contributed by atoms with Gasteiger partial charge in [0, 0.05) is 10.9 Å². The number of nitrogens with zero attached hydrogens (tertiary/aromatic N) is 1. The minimum absolute atomic E-state index is 0.0620. The second-order valence-electron chi connectivity index (χ2n) is 4.19. The molecule has 2 aromatic rings. The van der Waals surface area contributed by atoms with Crippen LogP contribution in [0.1, 0.15) is 30.8 Å². The zero-order valence-electron chi connectivity index (χ0n) is 10.7. The molecule has 1 heterocycles. The van der Waals surface area contributed by atoms with Gasteiger partial charge in [0.2, 0.25) is 0 Å². The van der Waals surface area contributed by atoms with Crippen LogP contribution in [0.15, 0.2) is 29.6 Å². The highest BCUT2D eigenvalue weighted by Gasteiger charge is 2.11. The molecule has 96 valence electrons. The summed E-state index contributed by atoms with van der Waals surface area (Å²) in [5.74, 6) is 0.858. The predicted octanol–water partition coefficient (Wildman–Crippen LogP) is 3.62. The topological polar surface area (TPSA) is 48.1 Å². The molecule has 1 aromatic carbocycles. The van der Waals surface area contributed by atoms with E-state index in [-0.39, 0.29) is 6.04 Å². The van der Waals surface area contributed by atoms with Crippen molar-refractivity contribution in [1.82, 2.24) is 4.98 Å². The van der Waals surface area contributed by atoms with Gasteiger partial charge in [-0.3, -0.25) is 0 Å². The fourth-order valence-electron chi connectivity index (χ4n) is 1.79. The molecule has 1 atom stereocenters. The molecular formula is C14H18N2OS. The molecule has 0 aliphatic carbocycles. The quantitative estimate of drug-likeness (QED) is 0.895. The Morgan fingerprint density at radius 3 is 2.67 bits per heavy atom. The van der Waals surface area contributed by atoms with E-state index >= 15 is 0 Å². The molecule has 18 heavy (non-hydrogen) atoms. The minimum atomic E-state index is 0.0620. The Bertz CT molecular complexity index is 493. The number of methoxy groups -OCH3 is 1. The third-order valence-corrected chi connectivity index (χ3v) is 3.80. The normalized spacial score (nSPS) is 12.4. The molecule has 2 N–H and O–H groups in total. The van der Waals surface area contributed by atoms with Gasteiger partial charge in [-0.05, 0) is 30.7 Å². The lowest BCUT2D eigenvalue weighted by molar-refractivity contribution is 0.415. The summed E-state index contributed by atoms with van der Waals surface area (Å²) in [5, 5.41) is 3.08. The van der Waals surface area contributed by atoms with E-state index in [1.807, 2.05) is 24.3 Å². The lowest BCUT2D eigenvalue weighted by Gasteiger charge is -2.05. The smallest absolute Gasteiger partial charge is 0.118 e. The first-order valence-electron chi connectivity index (χ1n) is 6.10. The minimum Gasteiger partial charge on any atom is -0.497 e. The number of hydrogen-bond acceptors (Lipinski definition) is 4. The zero-order chi connectivity index (χ0) is 13.0. The third-order valence-electron chi connectivity index (χ3n) is 2.82. The van der Waals surface area contributed by atoms with Crippen LogP contribution in [0.2, 0.25) is 0 Å². The van der Waals surface area contributed by atoms with Gasteiger partial charge in [-0.15, -0.1) is 11.3 Å². The number of hydrogen-bond donors (Lipinski definition) is 1. The Morgan fingerprint density at radius 1 is 1.33 bits per heavy atom. The van der Waals surface area contributed by atoms with Crippen LogP contribution < -0.4 is 10.5 Å². The highest BCUT2D eigenvalue weighted by Crippen LogP contribution is 2.27. The molecule has 0 saturated heterocycles. The van der Waals surface area contributed by atoms with Crippen LogP contribution in [0.5, 0.6) is 5.75 Å². The highest BCUT2D eigenvalue weighted by atomic mass is 32.1. The Labute approximate surface area is 112 Å². The van der Waals surface area contributed by atoms with E-state index in [1.54, 1.807) is 18.4 Å². The fourth-order valence-corrected chi connectivity index (χ4v) is 2.65. The van der Waals surface area contributed by atoms with Gasteiger partial charge >= 0.3 is 0 Å². The molecule has 0 bridgehead atoms. The number of ether oxygens (including phenoxy) is 1. The Balaban J connectivity index is 2.18. The van der Waals surface area contributed by atoms with Gasteiger partial charge < -0.3 is 10.5 Å². The molecule has 0 aliphatic heterocycles. The van der Waals surface area contributed by atoms with E-state index in [4.69, 9.17) is 10.5 Å². The zero-order valence-corrected chi connectivity index (χ0v) is 11.5. The molecule has 0 aliphatic rings. The number of rotatable bonds is 5. The van der Waals surface area contributed by atoms with Crippen molar-refractivity contribution in [3.63, 3.8) is 0 Å². The monoisotopic (exact) mass is 262 g/mol. The van der Waals surface area contributed by atoms with E-state index in [0.717, 1.165) is 34.9 Å². The Hall–Kier alpha value is -1.39. The van der Waals surface area contributed by atoms with Gasteiger partial charge in [0.15, 0.2) is 0 Å². The summed E-state index contributed by atoms with van der Waals surface area (Å²) in [7, 11) is 1.67. The first-order chi connectivity index (χ1) is 8.74. The van der Waals surface area contributed by atoms with Gasteiger partial charge in [-0.1, -0.05) is 13.3 Å². The number of nitrogens with two attached hydrogens (primary N) is 1. The van der Waals surface area contributed by atoms with Crippen molar-refractivity contribution in [1.29, 1.82) is 0 Å². The summed E-state index contributed by atoms with van der Waals surface area (Å²) < 4.78 is 5.14. The lowest BCUT2D eigenvalue weighted by atomic mass is 10.1. The number of aromatic nitrogens is 1. The van der Waals surface area contributed by atoms with Crippen LogP contribution >= 0.6 is 11.3 Å². The average Bonchev–Trinajstić information content (AvgIpc) is 2.89. The number of benzene rings is 1. The summed E-state index contributed by atoms with van der Waals surface area (Å²) in [5.41, 5.74) is 8.16. The molecule has 0 saturated carbocycles. The molecule has 0 spiro atoms. The van der Waals surface area contributed by atoms with Gasteiger partial charge in [0.1, 0.15) is 10.8 Å². The number of thiazole rings is 1. The lowest BCUT2D eigenvalue weighted by Crippen LogP contribution is -2.09. The Kier molecular flexibility index (Phi) is 4.33. The summed E-state index contributed by atoms with van der Waals surface area (Å²) in [6, 6.07) is 7.99. The van der Waals surface area contributed by atoms with Crippen molar-refractivity contribution in [3.05, 3.63) is 34.7 Å². The van der Waals surface area contributed by atoms with Crippen molar-refractivity contribution in [2.45, 2.75) is 25.8 Å². The first kappa shape index (κ1) is 13.1. The molecule has 3 nitrogen and oxygen atoms in total. The predicted molar refractivity (Wildman–Crippen MR) is 75.9 cm³/mol. The standard InChI is InChI=1S/C14H18N2OS/c1-3-4-12(15)14-16-13(9-18-14)10-5-7-11(17-2)8-6-10/h5-9,12H,3-4,15H2,1-2H3. The van der Waals surface area contributed by atoms with E-state index in [2.05, 4.69) is 17.3 Å². The largest absolute Gasteiger partial charge is 0.497 e. The molecule has 1 unspecified atom stereocenters. The van der Waals surface area contributed by atoms with Crippen molar-refractivity contribution in [3.8, 4) is 17.0 Å². The van der Waals surface area contributed by atoms with E-state index in [9.17, 15) is 0 Å². The Morgan fingerprint density at radius 2 is 2.06 bits per heavy atom. The van der Waals surface area contributed by atoms with Crippen LogP contribution in [0.3, 0.4) is 0 Å². The second kappa shape index (κ2) is 5.98. The summed E-state index contributed by atoms with van der Waals surface area (Å²) in [6.07, 6.45) is 2.06. The van der Waals surface area contributed by atoms with Gasteiger partial charge in [-0.2, -0.15) is 0 Å². The highest BCUT2D eigenvalue weighted by molar-refractivity contribution is 7.10. The van der Waals surface area contributed by atoms with E-state index < -0.39 is 0 Å². The molecular weight excluding hydrogens is 244 g/mol. The second-order valence-corrected chi connectivity index (χ2v) is 5.08. The maximum absolute atomic E-state index is 6.07. The molecule has 2 rings (SSSR count). The van der Waals surface area contributed by atoms with Gasteiger partial charge in [-0.25, -0.2) is 4.98 Å². The fraction of sp³-hybridized carbons (Fsp3) is 0.357. The van der Waals surface area contributed by atoms with Crippen LogP contribution in [0.4, 0.5) is 0 Å². The first-order valence-corrected chi connectivity index (χ1v) is 6.98. The molecule has 0 radical (unpaired) electrons. The van der Waals surface area contributed by atoms with Gasteiger partial charge in [0.25, 0.3) is 0 Å². The average molecular weight is 262 g/mol. The van der Waals surface area contributed by atoms with Crippen LogP contribution in [-0.2, 0) is 0 Å². The molecule has 0 fully saturated rings. The van der Waals surface area contributed by atoms with Crippen molar-refractivity contribution in [2.75, 3.05) is 7.11 Å². The molecule has 1 aromatic heterocycles. The SMILES string of the molecule is CCCC(N)c1nc(-c2ccc(OC)cc2)cs1. The van der Waals surface area contributed by atoms with Crippen LogP contribution in [0, 0.1) is 0 Å². The van der Waals surface area contributed by atoms with Crippen molar-refractivity contribution >= 4 is 11.3 Å². The summed E-state index contributed by atoms with van der Waals surface area (Å²) >= 11 is 1.64. The van der Waals surface area contributed by atoms with E-state index in [0.29, 0.717) is 0 Å². The summed E-state index contributed by atoms with van der Waals surface area (Å²) in [4.78, 5) is 4.61. The van der Waals surface area contributed by atoms with Crippen LogP contribution in [0.25, 0.3) is 11.3 Å². The maximum Gasteiger partial charge on any atom is 0.118 e. The van der Waals surface area contributed by atoms with Gasteiger partial charge in [0.05, 0.1) is 18.8 Å². The molecule has 0 amide bonds. The van der Waals surface area contributed by atoms with E-state index in [1.165, 1.54) is 0 Å². The van der Waals surface area contributed by atoms with Crippen molar-refractivity contribution in [2.24, 2.45) is 5.73 Å². The summed E-state index contributed by atoms with van der Waals surface area (Å²) in [6.45, 7) is 2.14. The molecule has 4 heteroatoms. The third kappa shape index (κ3) is 2.89. The maximum atomic E-state index is 6.07.